The number of rotatable bonds is 6. The van der Waals surface area contributed by atoms with E-state index in [0.717, 1.165) is 30.1 Å². The second kappa shape index (κ2) is 8.35. The van der Waals surface area contributed by atoms with Gasteiger partial charge in [-0.05, 0) is 55.5 Å². The fraction of sp³-hybridized carbons (Fsp3) is 0.500. The van der Waals surface area contributed by atoms with E-state index in [2.05, 4.69) is 6.92 Å². The first-order valence-corrected chi connectivity index (χ1v) is 11.9. The zero-order valence-electron chi connectivity index (χ0n) is 17.6. The Labute approximate surface area is 180 Å². The lowest BCUT2D eigenvalue weighted by molar-refractivity contribution is -0.136. The number of nitrogens with zero attached hydrogens (tertiary/aromatic N) is 2. The molecular weight excluding hydrogens is 426 g/mol. The van der Waals surface area contributed by atoms with E-state index in [0.29, 0.717) is 37.3 Å². The molecule has 1 aromatic carbocycles. The van der Waals surface area contributed by atoms with Crippen molar-refractivity contribution in [1.82, 2.24) is 9.21 Å². The van der Waals surface area contributed by atoms with Gasteiger partial charge in [0, 0.05) is 32.0 Å². The van der Waals surface area contributed by atoms with E-state index in [1.165, 1.54) is 4.31 Å². The first kappa shape index (κ1) is 22.0. The molecule has 0 radical (unpaired) electrons. The van der Waals surface area contributed by atoms with Gasteiger partial charge in [0.2, 0.25) is 15.9 Å². The minimum Gasteiger partial charge on any atom is -0.464 e. The molecule has 168 valence electrons. The number of carbonyl (C=O) groups excluding carboxylic acids is 1. The van der Waals surface area contributed by atoms with Gasteiger partial charge in [0.15, 0.2) is 11.6 Å². The van der Waals surface area contributed by atoms with Crippen molar-refractivity contribution in [2.24, 2.45) is 11.8 Å². The van der Waals surface area contributed by atoms with E-state index < -0.39 is 21.7 Å². The average molecular weight is 453 g/mol. The van der Waals surface area contributed by atoms with Crippen molar-refractivity contribution in [2.75, 3.05) is 20.1 Å². The Morgan fingerprint density at radius 3 is 2.45 bits per heavy atom. The number of benzene rings is 1. The normalized spacial score (nSPS) is 22.5. The third-order valence-corrected chi connectivity index (χ3v) is 8.15. The number of piperidine rings is 1. The van der Waals surface area contributed by atoms with E-state index in [-0.39, 0.29) is 29.8 Å². The highest BCUT2D eigenvalue weighted by Gasteiger charge is 2.37. The molecule has 0 bridgehead atoms. The summed E-state index contributed by atoms with van der Waals surface area (Å²) in [6.45, 7) is 2.85. The molecule has 1 amide bonds. The van der Waals surface area contributed by atoms with Crippen LogP contribution in [0.2, 0.25) is 0 Å². The lowest BCUT2D eigenvalue weighted by Crippen LogP contribution is -2.43. The molecule has 6 nitrogen and oxygen atoms in total. The molecule has 0 spiro atoms. The van der Waals surface area contributed by atoms with Gasteiger partial charge < -0.3 is 9.32 Å². The Balaban J connectivity index is 1.33. The molecule has 2 fully saturated rings. The number of carbonyl (C=O) groups is 1. The van der Waals surface area contributed by atoms with E-state index >= 15 is 0 Å². The number of amides is 1. The lowest BCUT2D eigenvalue weighted by atomic mass is 9.96. The van der Waals surface area contributed by atoms with Crippen LogP contribution in [0.5, 0.6) is 0 Å². The molecule has 1 aromatic heterocycles. The molecule has 2 aromatic rings. The van der Waals surface area contributed by atoms with Crippen LogP contribution in [0.4, 0.5) is 8.78 Å². The number of hydrogen-bond donors (Lipinski definition) is 0. The Kier molecular flexibility index (Phi) is 5.91. The van der Waals surface area contributed by atoms with Gasteiger partial charge in [-0.25, -0.2) is 17.2 Å². The monoisotopic (exact) mass is 452 g/mol. The highest BCUT2D eigenvalue weighted by atomic mass is 32.2. The Bertz CT molecular complexity index is 1080. The van der Waals surface area contributed by atoms with Gasteiger partial charge in [-0.15, -0.1) is 0 Å². The predicted molar refractivity (Wildman–Crippen MR) is 110 cm³/mol. The van der Waals surface area contributed by atoms with Crippen molar-refractivity contribution in [3.8, 4) is 0 Å². The molecular formula is C22H26F2N2O4S. The number of sulfonamides is 1. The summed E-state index contributed by atoms with van der Waals surface area (Å²) in [4.78, 5) is 14.2. The largest absolute Gasteiger partial charge is 0.464 e. The molecule has 1 saturated heterocycles. The van der Waals surface area contributed by atoms with E-state index in [1.54, 1.807) is 11.9 Å². The van der Waals surface area contributed by atoms with Crippen molar-refractivity contribution in [3.05, 3.63) is 53.5 Å². The summed E-state index contributed by atoms with van der Waals surface area (Å²) in [6, 6.07) is 6.43. The minimum atomic E-state index is -3.94. The first-order valence-electron chi connectivity index (χ1n) is 10.5. The second-order valence-corrected chi connectivity index (χ2v) is 10.5. The summed E-state index contributed by atoms with van der Waals surface area (Å²) in [7, 11) is -2.22. The molecule has 2 aliphatic rings. The lowest BCUT2D eigenvalue weighted by Gasteiger charge is -2.32. The molecule has 1 aliphatic carbocycles. The molecule has 1 saturated carbocycles. The summed E-state index contributed by atoms with van der Waals surface area (Å²) >= 11 is 0. The maximum absolute atomic E-state index is 13.5. The Morgan fingerprint density at radius 1 is 1.16 bits per heavy atom. The van der Waals surface area contributed by atoms with Crippen LogP contribution in [0, 0.1) is 23.5 Å². The summed E-state index contributed by atoms with van der Waals surface area (Å²) in [5.74, 6) is 0.192. The number of furan rings is 1. The maximum Gasteiger partial charge on any atom is 0.243 e. The molecule has 31 heavy (non-hydrogen) atoms. The molecule has 0 N–H and O–H groups in total. The highest BCUT2D eigenvalue weighted by Crippen LogP contribution is 2.47. The summed E-state index contributed by atoms with van der Waals surface area (Å²) in [5.41, 5.74) is 0. The van der Waals surface area contributed by atoms with Crippen LogP contribution in [-0.2, 0) is 21.4 Å². The Morgan fingerprint density at radius 2 is 1.84 bits per heavy atom. The zero-order valence-corrected chi connectivity index (χ0v) is 18.4. The van der Waals surface area contributed by atoms with Crippen molar-refractivity contribution in [2.45, 2.75) is 43.5 Å². The number of halogens is 2. The SMILES string of the molecule is CC1CC1c1ccc(CN(C)C(=O)C2CCN(S(=O)(=O)c3ccc(F)c(F)c3)CC2)o1. The van der Waals surface area contributed by atoms with Crippen molar-refractivity contribution < 1.29 is 26.4 Å². The standard InChI is InChI=1S/C22H26F2N2O4S/c1-14-11-18(14)21-6-3-16(30-21)13-25(2)22(27)15-7-9-26(10-8-15)31(28,29)17-4-5-19(23)20(24)12-17/h3-6,12,14-15,18H,7-11,13H2,1-2H3. The molecule has 2 atom stereocenters. The third-order valence-electron chi connectivity index (χ3n) is 6.26. The summed E-state index contributed by atoms with van der Waals surface area (Å²) in [6.07, 6.45) is 1.87. The minimum absolute atomic E-state index is 0.0531. The van der Waals surface area contributed by atoms with Crippen molar-refractivity contribution in [3.63, 3.8) is 0 Å². The molecule has 2 unspecified atom stereocenters. The van der Waals surface area contributed by atoms with Crippen molar-refractivity contribution in [1.29, 1.82) is 0 Å². The van der Waals surface area contributed by atoms with Gasteiger partial charge in [-0.3, -0.25) is 4.79 Å². The fourth-order valence-corrected chi connectivity index (χ4v) is 5.63. The smallest absolute Gasteiger partial charge is 0.243 e. The zero-order chi connectivity index (χ0) is 22.3. The van der Waals surface area contributed by atoms with Crippen LogP contribution >= 0.6 is 0 Å². The van der Waals surface area contributed by atoms with Crippen LogP contribution in [-0.4, -0.2) is 43.7 Å². The van der Waals surface area contributed by atoms with Gasteiger partial charge in [0.1, 0.15) is 11.5 Å². The van der Waals surface area contributed by atoms with E-state index in [1.807, 2.05) is 12.1 Å². The van der Waals surface area contributed by atoms with Crippen LogP contribution in [0.3, 0.4) is 0 Å². The average Bonchev–Trinajstić information content (AvgIpc) is 3.30. The van der Waals surface area contributed by atoms with E-state index in [4.69, 9.17) is 4.42 Å². The van der Waals surface area contributed by atoms with Gasteiger partial charge in [-0.2, -0.15) is 4.31 Å². The summed E-state index contributed by atoms with van der Waals surface area (Å²) in [5, 5.41) is 0. The van der Waals surface area contributed by atoms with Gasteiger partial charge in [0.05, 0.1) is 11.4 Å². The topological polar surface area (TPSA) is 70.8 Å². The molecule has 9 heteroatoms. The number of hydrogen-bond acceptors (Lipinski definition) is 4. The van der Waals surface area contributed by atoms with Crippen LogP contribution < -0.4 is 0 Å². The Hall–Kier alpha value is -2.26. The van der Waals surface area contributed by atoms with Crippen LogP contribution in [0.15, 0.2) is 39.6 Å². The van der Waals surface area contributed by atoms with Gasteiger partial charge >= 0.3 is 0 Å². The second-order valence-electron chi connectivity index (χ2n) is 8.57. The third kappa shape index (κ3) is 4.52. The van der Waals surface area contributed by atoms with Crippen molar-refractivity contribution >= 4 is 15.9 Å². The first-order chi connectivity index (χ1) is 14.7. The fourth-order valence-electron chi connectivity index (χ4n) is 4.15. The molecule has 2 heterocycles. The van der Waals surface area contributed by atoms with Crippen LogP contribution in [0.1, 0.15) is 43.6 Å². The van der Waals surface area contributed by atoms with Gasteiger partial charge in [-0.1, -0.05) is 6.92 Å². The molecule has 4 rings (SSSR count). The highest BCUT2D eigenvalue weighted by molar-refractivity contribution is 7.89. The maximum atomic E-state index is 13.5. The summed E-state index contributed by atoms with van der Waals surface area (Å²) < 4.78 is 59.1. The van der Waals surface area contributed by atoms with E-state index in [9.17, 15) is 22.0 Å². The predicted octanol–water partition coefficient (Wildman–Crippen LogP) is 3.74. The van der Waals surface area contributed by atoms with Crippen LogP contribution in [0.25, 0.3) is 0 Å². The quantitative estimate of drug-likeness (QED) is 0.670. The molecule has 1 aliphatic heterocycles. The van der Waals surface area contributed by atoms with Gasteiger partial charge in [0.25, 0.3) is 0 Å².